The SMILES string of the molecule is CCOC(=O)C1=C(C)N=c2s/c(=C/c3cc(Cl)ccc3OCc3ccccc3)c(=O)n2[C@@H]1c1ccc(OCC(=O)OC)c(OCC)c1. The third-order valence-electron chi connectivity index (χ3n) is 7.17. The van der Waals surface area contributed by atoms with Crippen LogP contribution in [-0.4, -0.2) is 43.4 Å². The number of esters is 2. The van der Waals surface area contributed by atoms with Gasteiger partial charge in [0.15, 0.2) is 22.9 Å². The lowest BCUT2D eigenvalue weighted by Gasteiger charge is -2.25. The Labute approximate surface area is 280 Å². The molecule has 3 aromatic carbocycles. The lowest BCUT2D eigenvalue weighted by molar-refractivity contribution is -0.143. The van der Waals surface area contributed by atoms with Gasteiger partial charge in [-0.15, -0.1) is 0 Å². The van der Waals surface area contributed by atoms with Gasteiger partial charge in [-0.05, 0) is 68.3 Å². The number of hydrogen-bond acceptors (Lipinski definition) is 10. The molecule has 12 heteroatoms. The monoisotopic (exact) mass is 676 g/mol. The van der Waals surface area contributed by atoms with Crippen LogP contribution in [0.3, 0.4) is 0 Å². The fourth-order valence-electron chi connectivity index (χ4n) is 5.02. The molecule has 4 aromatic rings. The molecule has 2 heterocycles. The van der Waals surface area contributed by atoms with Crippen molar-refractivity contribution in [1.82, 2.24) is 4.57 Å². The maximum absolute atomic E-state index is 14.2. The van der Waals surface area contributed by atoms with Crippen LogP contribution in [-0.2, 0) is 25.7 Å². The Kier molecular flexibility index (Phi) is 10.8. The first-order chi connectivity index (χ1) is 22.7. The maximum Gasteiger partial charge on any atom is 0.343 e. The topological polar surface area (TPSA) is 115 Å². The van der Waals surface area contributed by atoms with Crippen molar-refractivity contribution in [1.29, 1.82) is 0 Å². The third-order valence-corrected chi connectivity index (χ3v) is 8.39. The molecule has 10 nitrogen and oxygen atoms in total. The number of carbonyl (C=O) groups excluding carboxylic acids is 2. The second-order valence-electron chi connectivity index (χ2n) is 10.3. The lowest BCUT2D eigenvalue weighted by atomic mass is 9.95. The fraction of sp³-hybridized carbons (Fsp3) is 0.257. The summed E-state index contributed by atoms with van der Waals surface area (Å²) < 4.78 is 29.5. The lowest BCUT2D eigenvalue weighted by Crippen LogP contribution is -2.40. The Bertz CT molecular complexity index is 2000. The van der Waals surface area contributed by atoms with Crippen molar-refractivity contribution >= 4 is 41.0 Å². The minimum absolute atomic E-state index is 0.137. The van der Waals surface area contributed by atoms with Gasteiger partial charge in [-0.1, -0.05) is 59.3 Å². The van der Waals surface area contributed by atoms with Crippen LogP contribution in [0.1, 0.15) is 43.5 Å². The molecular weight excluding hydrogens is 644 g/mol. The molecule has 0 N–H and O–H groups in total. The van der Waals surface area contributed by atoms with Gasteiger partial charge in [-0.25, -0.2) is 14.6 Å². The van der Waals surface area contributed by atoms with Gasteiger partial charge in [-0.2, -0.15) is 0 Å². The minimum atomic E-state index is -0.894. The molecule has 0 spiro atoms. The highest BCUT2D eigenvalue weighted by Gasteiger charge is 2.34. The molecule has 1 aliphatic heterocycles. The van der Waals surface area contributed by atoms with E-state index in [0.717, 1.165) is 5.56 Å². The van der Waals surface area contributed by atoms with Crippen molar-refractivity contribution in [3.8, 4) is 17.2 Å². The predicted molar refractivity (Wildman–Crippen MR) is 178 cm³/mol. The molecule has 47 heavy (non-hydrogen) atoms. The second-order valence-corrected chi connectivity index (χ2v) is 11.7. The molecule has 1 atom stereocenters. The number of halogens is 1. The van der Waals surface area contributed by atoms with Crippen molar-refractivity contribution in [2.75, 3.05) is 26.9 Å². The Morgan fingerprint density at radius 2 is 1.72 bits per heavy atom. The van der Waals surface area contributed by atoms with Crippen LogP contribution in [0.4, 0.5) is 0 Å². The first kappa shape index (κ1) is 33.5. The summed E-state index contributed by atoms with van der Waals surface area (Å²) in [6, 6.07) is 19.1. The first-order valence-electron chi connectivity index (χ1n) is 14.9. The Morgan fingerprint density at radius 1 is 0.957 bits per heavy atom. The zero-order valence-corrected chi connectivity index (χ0v) is 27.9. The molecule has 0 amide bonds. The van der Waals surface area contributed by atoms with E-state index in [0.29, 0.717) is 61.6 Å². The number of thiazole rings is 1. The molecule has 0 bridgehead atoms. The van der Waals surface area contributed by atoms with Gasteiger partial charge >= 0.3 is 11.9 Å². The number of nitrogens with zero attached hydrogens (tertiary/aromatic N) is 2. The molecule has 0 fully saturated rings. The summed E-state index contributed by atoms with van der Waals surface area (Å²) in [5, 5.41) is 0.479. The fourth-order valence-corrected chi connectivity index (χ4v) is 6.24. The third kappa shape index (κ3) is 7.58. The Balaban J connectivity index is 1.63. The van der Waals surface area contributed by atoms with Crippen LogP contribution in [0, 0.1) is 0 Å². The van der Waals surface area contributed by atoms with Crippen LogP contribution in [0.5, 0.6) is 17.2 Å². The summed E-state index contributed by atoms with van der Waals surface area (Å²) >= 11 is 7.55. The highest BCUT2D eigenvalue weighted by atomic mass is 35.5. The Hall–Kier alpha value is -4.87. The normalized spacial score (nSPS) is 14.2. The quantitative estimate of drug-likeness (QED) is 0.193. The molecule has 0 unspecified atom stereocenters. The summed E-state index contributed by atoms with van der Waals surface area (Å²) in [5.41, 5.74) is 2.42. The van der Waals surface area contributed by atoms with Crippen LogP contribution >= 0.6 is 22.9 Å². The largest absolute Gasteiger partial charge is 0.490 e. The molecule has 0 aliphatic carbocycles. The summed E-state index contributed by atoms with van der Waals surface area (Å²) in [7, 11) is 1.27. The van der Waals surface area contributed by atoms with Gasteiger partial charge in [0.1, 0.15) is 12.4 Å². The molecule has 0 saturated carbocycles. The van der Waals surface area contributed by atoms with E-state index >= 15 is 0 Å². The van der Waals surface area contributed by atoms with E-state index in [1.54, 1.807) is 56.3 Å². The van der Waals surface area contributed by atoms with Gasteiger partial charge in [0.05, 0.1) is 42.2 Å². The number of fused-ring (bicyclic) bond motifs is 1. The summed E-state index contributed by atoms with van der Waals surface area (Å²) in [6.07, 6.45) is 1.71. The van der Waals surface area contributed by atoms with Gasteiger partial charge in [-0.3, -0.25) is 9.36 Å². The average Bonchev–Trinajstić information content (AvgIpc) is 3.37. The van der Waals surface area contributed by atoms with Gasteiger partial charge < -0.3 is 23.7 Å². The molecule has 244 valence electrons. The van der Waals surface area contributed by atoms with E-state index in [1.807, 2.05) is 37.3 Å². The second kappa shape index (κ2) is 15.1. The van der Waals surface area contributed by atoms with Gasteiger partial charge in [0, 0.05) is 10.6 Å². The number of hydrogen-bond donors (Lipinski definition) is 0. The number of ether oxygens (including phenoxy) is 5. The Morgan fingerprint density at radius 3 is 2.45 bits per heavy atom. The van der Waals surface area contributed by atoms with Crippen LogP contribution < -0.4 is 29.1 Å². The van der Waals surface area contributed by atoms with Gasteiger partial charge in [0.25, 0.3) is 5.56 Å². The van der Waals surface area contributed by atoms with Crippen molar-refractivity contribution in [2.45, 2.75) is 33.4 Å². The average molecular weight is 677 g/mol. The standard InChI is InChI=1S/C35H33ClN2O8S/c1-5-43-28-17-23(12-14-27(28)46-20-30(39)42-4)32-31(34(41)44-6-2)21(3)37-35-38(32)33(40)29(47-35)18-24-16-25(36)13-15-26(24)45-19-22-10-8-7-9-11-22/h7-18,32H,5-6,19-20H2,1-4H3/b29-18+/t32-/m1/s1. The molecule has 0 radical (unpaired) electrons. The summed E-state index contributed by atoms with van der Waals surface area (Å²) in [6.45, 7) is 5.67. The summed E-state index contributed by atoms with van der Waals surface area (Å²) in [4.78, 5) is 44.4. The van der Waals surface area contributed by atoms with Crippen molar-refractivity contribution in [3.05, 3.63) is 119 Å². The number of allylic oxidation sites excluding steroid dienone is 1. The molecule has 5 rings (SSSR count). The number of rotatable bonds is 12. The van der Waals surface area contributed by atoms with Crippen LogP contribution in [0.15, 0.2) is 87.8 Å². The van der Waals surface area contributed by atoms with Crippen molar-refractivity contribution in [2.24, 2.45) is 4.99 Å². The van der Waals surface area contributed by atoms with Gasteiger partial charge in [0.2, 0.25) is 0 Å². The highest BCUT2D eigenvalue weighted by Crippen LogP contribution is 2.36. The smallest absolute Gasteiger partial charge is 0.343 e. The zero-order valence-electron chi connectivity index (χ0n) is 26.3. The van der Waals surface area contributed by atoms with E-state index in [4.69, 9.17) is 30.5 Å². The summed E-state index contributed by atoms with van der Waals surface area (Å²) in [5.74, 6) is 0.0281. The highest BCUT2D eigenvalue weighted by molar-refractivity contribution is 7.07. The number of benzene rings is 3. The molecule has 1 aliphatic rings. The first-order valence-corrected chi connectivity index (χ1v) is 16.1. The van der Waals surface area contributed by atoms with Crippen molar-refractivity contribution in [3.63, 3.8) is 0 Å². The number of aromatic nitrogens is 1. The van der Waals surface area contributed by atoms with E-state index in [-0.39, 0.29) is 24.3 Å². The molecular formula is C35H33ClN2O8S. The zero-order chi connectivity index (χ0) is 33.5. The van der Waals surface area contributed by atoms with E-state index in [1.165, 1.54) is 23.0 Å². The maximum atomic E-state index is 14.2. The van der Waals surface area contributed by atoms with E-state index in [2.05, 4.69) is 9.73 Å². The van der Waals surface area contributed by atoms with E-state index < -0.39 is 18.0 Å². The van der Waals surface area contributed by atoms with Crippen LogP contribution in [0.25, 0.3) is 6.08 Å². The van der Waals surface area contributed by atoms with Crippen LogP contribution in [0.2, 0.25) is 5.02 Å². The van der Waals surface area contributed by atoms with E-state index in [9.17, 15) is 14.4 Å². The van der Waals surface area contributed by atoms with Crippen molar-refractivity contribution < 1.29 is 33.3 Å². The number of methoxy groups -OCH3 is 1. The molecule has 1 aromatic heterocycles. The molecule has 0 saturated heterocycles. The minimum Gasteiger partial charge on any atom is -0.490 e. The predicted octanol–water partition coefficient (Wildman–Crippen LogP) is 4.98. The number of carbonyl (C=O) groups is 2.